The highest BCUT2D eigenvalue weighted by atomic mass is 19.1. The van der Waals surface area contributed by atoms with Crippen molar-refractivity contribution in [2.24, 2.45) is 0 Å². The SMILES string of the molecule is COc1ncnc(Oc2ccc(CCF)cc2)c1N. The fourth-order valence-corrected chi connectivity index (χ4v) is 1.55. The van der Waals surface area contributed by atoms with Gasteiger partial charge in [-0.05, 0) is 17.7 Å². The van der Waals surface area contributed by atoms with Crippen molar-refractivity contribution in [3.05, 3.63) is 36.2 Å². The Balaban J connectivity index is 2.16. The molecule has 0 aliphatic carbocycles. The molecule has 19 heavy (non-hydrogen) atoms. The van der Waals surface area contributed by atoms with E-state index < -0.39 is 0 Å². The highest BCUT2D eigenvalue weighted by molar-refractivity contribution is 5.56. The van der Waals surface area contributed by atoms with Gasteiger partial charge in [-0.1, -0.05) is 12.1 Å². The summed E-state index contributed by atoms with van der Waals surface area (Å²) in [5.41, 5.74) is 6.93. The molecular formula is C13H14FN3O2. The molecule has 0 saturated heterocycles. The summed E-state index contributed by atoms with van der Waals surface area (Å²) in [7, 11) is 1.47. The number of methoxy groups -OCH3 is 1. The van der Waals surface area contributed by atoms with Gasteiger partial charge in [-0.3, -0.25) is 4.39 Å². The lowest BCUT2D eigenvalue weighted by Crippen LogP contribution is -2.00. The number of rotatable bonds is 5. The fraction of sp³-hybridized carbons (Fsp3) is 0.231. The first kappa shape index (κ1) is 13.1. The molecule has 0 radical (unpaired) electrons. The molecule has 1 aromatic heterocycles. The maximum atomic E-state index is 12.2. The Bertz CT molecular complexity index is 546. The second-order valence-corrected chi connectivity index (χ2v) is 3.79. The standard InChI is InChI=1S/C13H14FN3O2/c1-18-12-11(15)13(17-8-16-12)19-10-4-2-9(3-5-10)6-7-14/h2-5,8H,6-7,15H2,1H3. The molecule has 100 valence electrons. The van der Waals surface area contributed by atoms with Crippen molar-refractivity contribution in [2.75, 3.05) is 19.5 Å². The summed E-state index contributed by atoms with van der Waals surface area (Å²) in [6, 6.07) is 7.06. The first-order valence-corrected chi connectivity index (χ1v) is 5.72. The zero-order valence-corrected chi connectivity index (χ0v) is 10.5. The molecule has 0 fully saturated rings. The summed E-state index contributed by atoms with van der Waals surface area (Å²) in [6.07, 6.45) is 1.70. The van der Waals surface area contributed by atoms with E-state index >= 15 is 0 Å². The number of benzene rings is 1. The number of aromatic nitrogens is 2. The van der Waals surface area contributed by atoms with Gasteiger partial charge in [0.25, 0.3) is 0 Å². The van der Waals surface area contributed by atoms with Gasteiger partial charge in [0.2, 0.25) is 11.8 Å². The third-order valence-electron chi connectivity index (χ3n) is 2.53. The molecule has 1 heterocycles. The van der Waals surface area contributed by atoms with Gasteiger partial charge >= 0.3 is 0 Å². The van der Waals surface area contributed by atoms with Crippen LogP contribution in [0.3, 0.4) is 0 Å². The van der Waals surface area contributed by atoms with E-state index in [1.54, 1.807) is 24.3 Å². The van der Waals surface area contributed by atoms with Crippen LogP contribution in [0.15, 0.2) is 30.6 Å². The molecule has 2 rings (SSSR count). The van der Waals surface area contributed by atoms with Gasteiger partial charge < -0.3 is 15.2 Å². The zero-order valence-electron chi connectivity index (χ0n) is 10.5. The fourth-order valence-electron chi connectivity index (χ4n) is 1.55. The Morgan fingerprint density at radius 1 is 1.16 bits per heavy atom. The number of nitrogens with two attached hydrogens (primary N) is 1. The summed E-state index contributed by atoms with van der Waals surface area (Å²) in [5.74, 6) is 1.05. The third-order valence-corrected chi connectivity index (χ3v) is 2.53. The maximum absolute atomic E-state index is 12.2. The van der Waals surface area contributed by atoms with Gasteiger partial charge in [-0.25, -0.2) is 0 Å². The number of hydrogen-bond donors (Lipinski definition) is 1. The Morgan fingerprint density at radius 3 is 2.47 bits per heavy atom. The topological polar surface area (TPSA) is 70.3 Å². The normalized spacial score (nSPS) is 10.2. The van der Waals surface area contributed by atoms with Crippen LogP contribution < -0.4 is 15.2 Å². The molecule has 6 heteroatoms. The van der Waals surface area contributed by atoms with E-state index in [1.165, 1.54) is 13.4 Å². The van der Waals surface area contributed by atoms with E-state index in [0.717, 1.165) is 5.56 Å². The number of alkyl halides is 1. The molecule has 0 unspecified atom stereocenters. The number of nitrogens with zero attached hydrogens (tertiary/aromatic N) is 2. The number of hydrogen-bond acceptors (Lipinski definition) is 5. The highest BCUT2D eigenvalue weighted by Gasteiger charge is 2.10. The van der Waals surface area contributed by atoms with E-state index in [0.29, 0.717) is 12.2 Å². The molecule has 0 amide bonds. The summed E-state index contributed by atoms with van der Waals surface area (Å²) in [4.78, 5) is 7.80. The number of nitrogen functional groups attached to an aromatic ring is 1. The van der Waals surface area contributed by atoms with Gasteiger partial charge in [0.1, 0.15) is 12.1 Å². The second kappa shape index (κ2) is 5.99. The third kappa shape index (κ3) is 3.09. The lowest BCUT2D eigenvalue weighted by atomic mass is 10.2. The van der Waals surface area contributed by atoms with Crippen molar-refractivity contribution in [3.63, 3.8) is 0 Å². The first-order valence-electron chi connectivity index (χ1n) is 5.72. The highest BCUT2D eigenvalue weighted by Crippen LogP contribution is 2.30. The van der Waals surface area contributed by atoms with Crippen LogP contribution in [-0.2, 0) is 6.42 Å². The Labute approximate surface area is 110 Å². The van der Waals surface area contributed by atoms with Crippen LogP contribution in [0.2, 0.25) is 0 Å². The monoisotopic (exact) mass is 263 g/mol. The molecule has 0 atom stereocenters. The van der Waals surface area contributed by atoms with Crippen molar-refractivity contribution in [3.8, 4) is 17.5 Å². The minimum atomic E-state index is -0.379. The number of ether oxygens (including phenoxy) is 2. The quantitative estimate of drug-likeness (QED) is 0.896. The number of halogens is 1. The minimum Gasteiger partial charge on any atom is -0.479 e. The summed E-state index contributed by atoms with van der Waals surface area (Å²) in [5, 5.41) is 0. The zero-order chi connectivity index (χ0) is 13.7. The van der Waals surface area contributed by atoms with E-state index in [1.807, 2.05) is 0 Å². The van der Waals surface area contributed by atoms with E-state index in [2.05, 4.69) is 9.97 Å². The lowest BCUT2D eigenvalue weighted by Gasteiger charge is -2.09. The summed E-state index contributed by atoms with van der Waals surface area (Å²) in [6.45, 7) is -0.379. The number of anilines is 1. The van der Waals surface area contributed by atoms with Crippen molar-refractivity contribution >= 4 is 5.69 Å². The van der Waals surface area contributed by atoms with Gasteiger partial charge in [0, 0.05) is 6.42 Å². The Kier molecular flexibility index (Phi) is 4.12. The van der Waals surface area contributed by atoms with E-state index in [-0.39, 0.29) is 24.1 Å². The Morgan fingerprint density at radius 2 is 1.84 bits per heavy atom. The van der Waals surface area contributed by atoms with Gasteiger partial charge in [0.15, 0.2) is 5.69 Å². The van der Waals surface area contributed by atoms with E-state index in [4.69, 9.17) is 15.2 Å². The van der Waals surface area contributed by atoms with Gasteiger partial charge in [-0.15, -0.1) is 0 Å². The van der Waals surface area contributed by atoms with Gasteiger partial charge in [-0.2, -0.15) is 9.97 Å². The molecule has 0 saturated carbocycles. The van der Waals surface area contributed by atoms with Gasteiger partial charge in [0.05, 0.1) is 13.8 Å². The van der Waals surface area contributed by atoms with Crippen LogP contribution >= 0.6 is 0 Å². The van der Waals surface area contributed by atoms with Crippen LogP contribution in [0, 0.1) is 0 Å². The van der Waals surface area contributed by atoms with Crippen molar-refractivity contribution < 1.29 is 13.9 Å². The molecule has 2 N–H and O–H groups in total. The summed E-state index contributed by atoms with van der Waals surface area (Å²) < 4.78 is 22.7. The average Bonchev–Trinajstić information content (AvgIpc) is 2.43. The molecule has 0 bridgehead atoms. The van der Waals surface area contributed by atoms with Crippen molar-refractivity contribution in [1.29, 1.82) is 0 Å². The predicted molar refractivity (Wildman–Crippen MR) is 69.2 cm³/mol. The van der Waals surface area contributed by atoms with E-state index in [9.17, 15) is 4.39 Å². The molecular weight excluding hydrogens is 249 g/mol. The first-order chi connectivity index (χ1) is 9.24. The second-order valence-electron chi connectivity index (χ2n) is 3.79. The Hall–Kier alpha value is -2.37. The maximum Gasteiger partial charge on any atom is 0.249 e. The largest absolute Gasteiger partial charge is 0.479 e. The molecule has 0 aliphatic rings. The van der Waals surface area contributed by atoms with Crippen molar-refractivity contribution in [2.45, 2.75) is 6.42 Å². The molecule has 5 nitrogen and oxygen atoms in total. The minimum absolute atomic E-state index is 0.227. The smallest absolute Gasteiger partial charge is 0.249 e. The van der Waals surface area contributed by atoms with Crippen molar-refractivity contribution in [1.82, 2.24) is 9.97 Å². The summed E-state index contributed by atoms with van der Waals surface area (Å²) >= 11 is 0. The van der Waals surface area contributed by atoms with Crippen LogP contribution in [0.25, 0.3) is 0 Å². The molecule has 1 aromatic carbocycles. The van der Waals surface area contributed by atoms with Crippen LogP contribution in [0.4, 0.5) is 10.1 Å². The van der Waals surface area contributed by atoms with Crippen LogP contribution in [0.5, 0.6) is 17.5 Å². The average molecular weight is 263 g/mol. The lowest BCUT2D eigenvalue weighted by molar-refractivity contribution is 0.391. The number of aryl methyl sites for hydroxylation is 1. The molecule has 0 aliphatic heterocycles. The van der Waals surface area contributed by atoms with Crippen LogP contribution in [-0.4, -0.2) is 23.8 Å². The molecule has 2 aromatic rings. The molecule has 0 spiro atoms. The predicted octanol–water partition coefficient (Wildman–Crippen LogP) is 2.37. The van der Waals surface area contributed by atoms with Crippen LogP contribution in [0.1, 0.15) is 5.56 Å².